The molecule has 0 unspecified atom stereocenters. The molecule has 0 spiro atoms. The van der Waals surface area contributed by atoms with Crippen LogP contribution in [0.2, 0.25) is 0 Å². The van der Waals surface area contributed by atoms with E-state index in [1.165, 1.54) is 6.33 Å². The van der Waals surface area contributed by atoms with Crippen molar-refractivity contribution in [2.45, 2.75) is 20.8 Å². The van der Waals surface area contributed by atoms with Gasteiger partial charge in [0.25, 0.3) is 0 Å². The van der Waals surface area contributed by atoms with Crippen molar-refractivity contribution in [3.63, 3.8) is 0 Å². The van der Waals surface area contributed by atoms with Gasteiger partial charge in [-0.05, 0) is 20.8 Å². The van der Waals surface area contributed by atoms with Crippen molar-refractivity contribution < 1.29 is 9.53 Å². The van der Waals surface area contributed by atoms with Crippen LogP contribution in [0.3, 0.4) is 0 Å². The Bertz CT molecular complexity index is 384. The first-order valence-electron chi connectivity index (χ1n) is 5.59. The molecular weight excluding hydrogens is 222 g/mol. The summed E-state index contributed by atoms with van der Waals surface area (Å²) in [5.41, 5.74) is 0.225. The van der Waals surface area contributed by atoms with Gasteiger partial charge in [0.2, 0.25) is 5.82 Å². The Morgan fingerprint density at radius 2 is 2.18 bits per heavy atom. The summed E-state index contributed by atoms with van der Waals surface area (Å²) in [6.45, 7) is 7.49. The van der Waals surface area contributed by atoms with Crippen LogP contribution in [-0.4, -0.2) is 40.6 Å². The third kappa shape index (κ3) is 3.54. The minimum atomic E-state index is -0.474. The van der Waals surface area contributed by atoms with E-state index in [1.807, 2.05) is 13.8 Å². The predicted octanol–water partition coefficient (Wildman–Crippen LogP) is 1.93. The number of nitrogens with one attached hydrogen (secondary N) is 1. The molecule has 7 heteroatoms. The van der Waals surface area contributed by atoms with Gasteiger partial charge in [-0.3, -0.25) is 5.01 Å². The summed E-state index contributed by atoms with van der Waals surface area (Å²) in [5.74, 6) is -0.228. The molecule has 1 heterocycles. The molecule has 0 aliphatic rings. The highest BCUT2D eigenvalue weighted by atomic mass is 16.5. The number of carbonyl (C=O) groups excluding carboxylic acids is 1. The van der Waals surface area contributed by atoms with Gasteiger partial charge in [-0.2, -0.15) is 0 Å². The van der Waals surface area contributed by atoms with Crippen LogP contribution >= 0.6 is 0 Å². The smallest absolute Gasteiger partial charge is 0.358 e. The summed E-state index contributed by atoms with van der Waals surface area (Å²) in [6, 6.07) is 0. The SMILES string of the molecule is CCOC(=O)c1[nH]cnc1/N=N/N(CC)CC. The second kappa shape index (κ2) is 6.62. The summed E-state index contributed by atoms with van der Waals surface area (Å²) >= 11 is 0. The Balaban J connectivity index is 2.78. The first-order valence-corrected chi connectivity index (χ1v) is 5.59. The Labute approximate surface area is 99.9 Å². The molecule has 17 heavy (non-hydrogen) atoms. The Morgan fingerprint density at radius 3 is 2.76 bits per heavy atom. The van der Waals surface area contributed by atoms with E-state index in [4.69, 9.17) is 4.74 Å². The molecule has 1 aromatic heterocycles. The lowest BCUT2D eigenvalue weighted by Crippen LogP contribution is -2.14. The number of esters is 1. The third-order valence-corrected chi connectivity index (χ3v) is 2.09. The first-order chi connectivity index (χ1) is 8.22. The van der Waals surface area contributed by atoms with Crippen molar-refractivity contribution in [3.8, 4) is 0 Å². The number of nitrogens with zero attached hydrogens (tertiary/aromatic N) is 4. The number of imidazole rings is 1. The van der Waals surface area contributed by atoms with E-state index in [2.05, 4.69) is 20.3 Å². The molecule has 0 aliphatic heterocycles. The fourth-order valence-electron chi connectivity index (χ4n) is 1.17. The van der Waals surface area contributed by atoms with E-state index in [0.717, 1.165) is 13.1 Å². The first kappa shape index (κ1) is 13.1. The lowest BCUT2D eigenvalue weighted by atomic mass is 10.4. The topological polar surface area (TPSA) is 82.9 Å². The van der Waals surface area contributed by atoms with E-state index < -0.39 is 5.97 Å². The van der Waals surface area contributed by atoms with E-state index in [1.54, 1.807) is 11.9 Å². The van der Waals surface area contributed by atoms with Gasteiger partial charge in [-0.1, -0.05) is 5.22 Å². The Kier molecular flexibility index (Phi) is 5.12. The average Bonchev–Trinajstić information content (AvgIpc) is 2.79. The molecule has 1 N–H and O–H groups in total. The molecule has 0 aliphatic carbocycles. The number of ether oxygens (including phenoxy) is 1. The van der Waals surface area contributed by atoms with Gasteiger partial charge in [0.15, 0.2) is 5.69 Å². The molecular formula is C10H17N5O2. The maximum absolute atomic E-state index is 11.5. The van der Waals surface area contributed by atoms with E-state index in [9.17, 15) is 4.79 Å². The standard InChI is InChI=1S/C10H17N5O2/c1-4-15(5-2)14-13-9-8(11-7-12-9)10(16)17-6-3/h7H,4-6H2,1-3H3,(H,11,12)/b14-13+. The summed E-state index contributed by atoms with van der Waals surface area (Å²) in [5, 5.41) is 9.65. The van der Waals surface area contributed by atoms with E-state index in [-0.39, 0.29) is 11.5 Å². The average molecular weight is 239 g/mol. The monoisotopic (exact) mass is 239 g/mol. The number of aromatic amines is 1. The van der Waals surface area contributed by atoms with Gasteiger partial charge in [0.1, 0.15) is 0 Å². The number of hydrogen-bond donors (Lipinski definition) is 1. The highest BCUT2D eigenvalue weighted by Gasteiger charge is 2.15. The Hall–Kier alpha value is -1.92. The third-order valence-electron chi connectivity index (χ3n) is 2.09. The molecule has 1 aromatic rings. The van der Waals surface area contributed by atoms with Gasteiger partial charge in [0.05, 0.1) is 12.9 Å². The van der Waals surface area contributed by atoms with Crippen LogP contribution in [0.4, 0.5) is 5.82 Å². The molecule has 0 aromatic carbocycles. The van der Waals surface area contributed by atoms with Crippen LogP contribution in [-0.2, 0) is 4.74 Å². The maximum Gasteiger partial charge on any atom is 0.358 e. The van der Waals surface area contributed by atoms with Crippen molar-refractivity contribution in [3.05, 3.63) is 12.0 Å². The van der Waals surface area contributed by atoms with Gasteiger partial charge < -0.3 is 9.72 Å². The molecule has 94 valence electrons. The summed E-state index contributed by atoms with van der Waals surface area (Å²) in [4.78, 5) is 18.1. The summed E-state index contributed by atoms with van der Waals surface area (Å²) in [7, 11) is 0. The number of rotatable bonds is 6. The molecule has 0 bridgehead atoms. The minimum Gasteiger partial charge on any atom is -0.461 e. The molecule has 0 saturated heterocycles. The Morgan fingerprint density at radius 1 is 1.47 bits per heavy atom. The largest absolute Gasteiger partial charge is 0.461 e. The fourth-order valence-corrected chi connectivity index (χ4v) is 1.17. The van der Waals surface area contributed by atoms with Crippen LogP contribution in [0.5, 0.6) is 0 Å². The minimum absolute atomic E-state index is 0.225. The van der Waals surface area contributed by atoms with Crippen LogP contribution in [0.15, 0.2) is 16.7 Å². The zero-order valence-electron chi connectivity index (χ0n) is 10.3. The van der Waals surface area contributed by atoms with Crippen LogP contribution in [0.1, 0.15) is 31.3 Å². The fraction of sp³-hybridized carbons (Fsp3) is 0.600. The van der Waals surface area contributed by atoms with Gasteiger partial charge in [-0.25, -0.2) is 9.78 Å². The highest BCUT2D eigenvalue weighted by molar-refractivity contribution is 5.91. The van der Waals surface area contributed by atoms with Crippen LogP contribution in [0.25, 0.3) is 0 Å². The second-order valence-corrected chi connectivity index (χ2v) is 3.15. The van der Waals surface area contributed by atoms with Gasteiger partial charge >= 0.3 is 5.97 Å². The van der Waals surface area contributed by atoms with Crippen molar-refractivity contribution in [2.75, 3.05) is 19.7 Å². The van der Waals surface area contributed by atoms with Crippen LogP contribution in [0, 0.1) is 0 Å². The molecule has 0 amide bonds. The van der Waals surface area contributed by atoms with E-state index >= 15 is 0 Å². The highest BCUT2D eigenvalue weighted by Crippen LogP contribution is 2.15. The number of aromatic nitrogens is 2. The molecule has 0 saturated carbocycles. The summed E-state index contributed by atoms with van der Waals surface area (Å²) in [6.07, 6.45) is 1.39. The normalized spacial score (nSPS) is 10.8. The maximum atomic E-state index is 11.5. The van der Waals surface area contributed by atoms with Crippen molar-refractivity contribution in [1.82, 2.24) is 15.0 Å². The summed E-state index contributed by atoms with van der Waals surface area (Å²) < 4.78 is 4.86. The molecule has 0 fully saturated rings. The van der Waals surface area contributed by atoms with Crippen molar-refractivity contribution in [1.29, 1.82) is 0 Å². The zero-order chi connectivity index (χ0) is 12.7. The number of carbonyl (C=O) groups is 1. The molecule has 0 radical (unpaired) electrons. The second-order valence-electron chi connectivity index (χ2n) is 3.15. The number of hydrogen-bond acceptors (Lipinski definition) is 5. The molecule has 1 rings (SSSR count). The lowest BCUT2D eigenvalue weighted by molar-refractivity contribution is 0.0521. The quantitative estimate of drug-likeness (QED) is 0.467. The van der Waals surface area contributed by atoms with E-state index in [0.29, 0.717) is 6.61 Å². The molecule has 7 nitrogen and oxygen atoms in total. The zero-order valence-corrected chi connectivity index (χ0v) is 10.3. The lowest BCUT2D eigenvalue weighted by Gasteiger charge is -2.10. The predicted molar refractivity (Wildman–Crippen MR) is 62.0 cm³/mol. The molecule has 0 atom stereocenters. The number of H-pyrrole nitrogens is 1. The van der Waals surface area contributed by atoms with Gasteiger partial charge in [0, 0.05) is 13.1 Å². The van der Waals surface area contributed by atoms with Crippen molar-refractivity contribution >= 4 is 11.8 Å². The van der Waals surface area contributed by atoms with Crippen molar-refractivity contribution in [2.24, 2.45) is 10.3 Å². The van der Waals surface area contributed by atoms with Gasteiger partial charge in [-0.15, -0.1) is 5.11 Å². The van der Waals surface area contributed by atoms with Crippen LogP contribution < -0.4 is 0 Å².